The predicted octanol–water partition coefficient (Wildman–Crippen LogP) is 2.99. The van der Waals surface area contributed by atoms with E-state index in [9.17, 15) is 20.0 Å². The van der Waals surface area contributed by atoms with Crippen LogP contribution in [-0.4, -0.2) is 22.2 Å². The molecule has 25 heavy (non-hydrogen) atoms. The van der Waals surface area contributed by atoms with Gasteiger partial charge in [-0.25, -0.2) is 4.79 Å². The molecule has 1 N–H and O–H groups in total. The molecule has 128 valence electrons. The van der Waals surface area contributed by atoms with Crippen LogP contribution in [0.2, 0.25) is 0 Å². The summed E-state index contributed by atoms with van der Waals surface area (Å²) in [6, 6.07) is 8.46. The number of aryl methyl sites for hydroxylation is 1. The molecule has 1 aromatic carbocycles. The van der Waals surface area contributed by atoms with E-state index in [0.717, 1.165) is 24.1 Å². The first kappa shape index (κ1) is 16.8. The highest BCUT2D eigenvalue weighted by Crippen LogP contribution is 2.40. The molecular weight excluding hydrogens is 320 g/mol. The van der Waals surface area contributed by atoms with Gasteiger partial charge in [-0.05, 0) is 62.4 Å². The maximum absolute atomic E-state index is 12.8. The number of benzene rings is 1. The van der Waals surface area contributed by atoms with Crippen molar-refractivity contribution >= 4 is 5.97 Å². The lowest BCUT2D eigenvalue weighted by molar-refractivity contribution is 0.0694. The maximum Gasteiger partial charge on any atom is 0.341 e. The van der Waals surface area contributed by atoms with Gasteiger partial charge in [0.25, 0.3) is 5.56 Å². The number of aromatic nitrogens is 1. The molecule has 1 fully saturated rings. The highest BCUT2D eigenvalue weighted by Gasteiger charge is 2.29. The summed E-state index contributed by atoms with van der Waals surface area (Å²) in [5.74, 6) is -0.557. The number of pyridine rings is 1. The van der Waals surface area contributed by atoms with E-state index >= 15 is 0 Å². The first-order chi connectivity index (χ1) is 12.0. The second-order valence-corrected chi connectivity index (χ2v) is 6.07. The molecule has 1 saturated carbocycles. The van der Waals surface area contributed by atoms with Crippen LogP contribution in [0.4, 0.5) is 0 Å². The summed E-state index contributed by atoms with van der Waals surface area (Å²) in [4.78, 5) is 24.2. The van der Waals surface area contributed by atoms with Gasteiger partial charge in [0, 0.05) is 5.69 Å². The average Bonchev–Trinajstić information content (AvgIpc) is 3.40. The van der Waals surface area contributed by atoms with E-state index in [1.54, 1.807) is 18.2 Å². The summed E-state index contributed by atoms with van der Waals surface area (Å²) < 4.78 is 6.92. The molecule has 1 aromatic heterocycles. The molecule has 0 aliphatic heterocycles. The number of aromatic carboxylic acids is 1. The quantitative estimate of drug-likeness (QED) is 0.905. The Bertz CT molecular complexity index is 949. The fraction of sp³-hybridized carbons (Fsp3) is 0.316. The van der Waals surface area contributed by atoms with Crippen molar-refractivity contribution in [1.82, 2.24) is 4.57 Å². The van der Waals surface area contributed by atoms with Crippen LogP contribution in [0.1, 0.15) is 52.9 Å². The van der Waals surface area contributed by atoms with E-state index in [4.69, 9.17) is 4.74 Å². The number of carboxylic acid groups (broad SMARTS) is 1. The summed E-state index contributed by atoms with van der Waals surface area (Å²) in [6.45, 7) is 4.07. The number of nitriles is 1. The molecule has 0 radical (unpaired) electrons. The minimum Gasteiger partial charge on any atom is -0.492 e. The lowest BCUT2D eigenvalue weighted by Crippen LogP contribution is -2.28. The first-order valence-electron chi connectivity index (χ1n) is 8.15. The van der Waals surface area contributed by atoms with Crippen molar-refractivity contribution in [2.45, 2.75) is 32.6 Å². The third-order valence-electron chi connectivity index (χ3n) is 4.30. The number of hydrogen-bond acceptors (Lipinski definition) is 4. The SMILES string of the molecule is CCOc1cc(C)c(-n2c(C3CC3)ccc(C(=O)O)c2=O)cc1C#N. The zero-order valence-corrected chi connectivity index (χ0v) is 14.1. The van der Waals surface area contributed by atoms with Crippen molar-refractivity contribution in [3.63, 3.8) is 0 Å². The smallest absolute Gasteiger partial charge is 0.341 e. The van der Waals surface area contributed by atoms with Gasteiger partial charge < -0.3 is 9.84 Å². The standard InChI is InChI=1S/C19H18N2O4/c1-3-25-17-8-11(2)16(9-13(17)10-20)21-15(12-4-5-12)7-6-14(18(21)22)19(23)24/h6-9,12H,3-5H2,1-2H3,(H,23,24). The van der Waals surface area contributed by atoms with Gasteiger partial charge in [0.15, 0.2) is 0 Å². The molecule has 0 bridgehead atoms. The summed E-state index contributed by atoms with van der Waals surface area (Å²) in [5.41, 5.74) is 1.51. The maximum atomic E-state index is 12.8. The Morgan fingerprint density at radius 1 is 1.40 bits per heavy atom. The number of carboxylic acids is 1. The molecule has 2 aromatic rings. The normalized spacial score (nSPS) is 13.3. The predicted molar refractivity (Wildman–Crippen MR) is 91.6 cm³/mol. The minimum absolute atomic E-state index is 0.243. The van der Waals surface area contributed by atoms with Crippen molar-refractivity contribution in [1.29, 1.82) is 5.26 Å². The van der Waals surface area contributed by atoms with Crippen LogP contribution >= 0.6 is 0 Å². The van der Waals surface area contributed by atoms with Crippen molar-refractivity contribution in [2.24, 2.45) is 0 Å². The van der Waals surface area contributed by atoms with E-state index < -0.39 is 11.5 Å². The van der Waals surface area contributed by atoms with Gasteiger partial charge in [-0.15, -0.1) is 0 Å². The Morgan fingerprint density at radius 3 is 2.68 bits per heavy atom. The first-order valence-corrected chi connectivity index (χ1v) is 8.15. The van der Waals surface area contributed by atoms with Gasteiger partial charge in [0.1, 0.15) is 17.4 Å². The summed E-state index contributed by atoms with van der Waals surface area (Å²) in [6.07, 6.45) is 1.93. The third-order valence-corrected chi connectivity index (χ3v) is 4.30. The summed E-state index contributed by atoms with van der Waals surface area (Å²) >= 11 is 0. The van der Waals surface area contributed by atoms with Crippen LogP contribution < -0.4 is 10.3 Å². The van der Waals surface area contributed by atoms with Gasteiger partial charge in [-0.3, -0.25) is 9.36 Å². The average molecular weight is 338 g/mol. The summed E-state index contributed by atoms with van der Waals surface area (Å²) in [7, 11) is 0. The molecule has 1 heterocycles. The van der Waals surface area contributed by atoms with E-state index in [1.165, 1.54) is 10.6 Å². The molecule has 1 aliphatic carbocycles. The second kappa shape index (κ2) is 6.44. The van der Waals surface area contributed by atoms with Crippen LogP contribution in [0.3, 0.4) is 0 Å². The number of carbonyl (C=O) groups is 1. The van der Waals surface area contributed by atoms with E-state index in [0.29, 0.717) is 23.6 Å². The van der Waals surface area contributed by atoms with Crippen molar-refractivity contribution < 1.29 is 14.6 Å². The Labute approximate surface area is 144 Å². The molecule has 0 saturated heterocycles. The zero-order valence-electron chi connectivity index (χ0n) is 14.1. The fourth-order valence-electron chi connectivity index (χ4n) is 2.93. The number of ether oxygens (including phenoxy) is 1. The van der Waals surface area contributed by atoms with Gasteiger partial charge in [0.2, 0.25) is 0 Å². The fourth-order valence-corrected chi connectivity index (χ4v) is 2.93. The molecule has 1 aliphatic rings. The topological polar surface area (TPSA) is 92.3 Å². The van der Waals surface area contributed by atoms with Crippen molar-refractivity contribution in [3.05, 3.63) is 57.0 Å². The van der Waals surface area contributed by atoms with Gasteiger partial charge >= 0.3 is 5.97 Å². The minimum atomic E-state index is -1.26. The number of nitrogens with zero attached hydrogens (tertiary/aromatic N) is 2. The van der Waals surface area contributed by atoms with Gasteiger partial charge in [-0.1, -0.05) is 0 Å². The van der Waals surface area contributed by atoms with Crippen LogP contribution in [0.5, 0.6) is 5.75 Å². The highest BCUT2D eigenvalue weighted by molar-refractivity contribution is 5.87. The molecule has 3 rings (SSSR count). The van der Waals surface area contributed by atoms with Gasteiger partial charge in [0.05, 0.1) is 17.9 Å². The van der Waals surface area contributed by atoms with Crippen molar-refractivity contribution in [2.75, 3.05) is 6.61 Å². The number of rotatable bonds is 5. The Morgan fingerprint density at radius 2 is 2.12 bits per heavy atom. The zero-order chi connectivity index (χ0) is 18.1. The molecule has 6 heteroatoms. The molecule has 0 atom stereocenters. The van der Waals surface area contributed by atoms with E-state index in [2.05, 4.69) is 6.07 Å². The molecule has 0 spiro atoms. The Balaban J connectivity index is 2.29. The Hall–Kier alpha value is -3.07. The Kier molecular flexibility index (Phi) is 4.32. The molecular formula is C19H18N2O4. The van der Waals surface area contributed by atoms with E-state index in [-0.39, 0.29) is 11.5 Å². The molecule has 0 unspecified atom stereocenters. The number of hydrogen-bond donors (Lipinski definition) is 1. The van der Waals surface area contributed by atoms with E-state index in [1.807, 2.05) is 13.8 Å². The largest absolute Gasteiger partial charge is 0.492 e. The summed E-state index contributed by atoms with van der Waals surface area (Å²) in [5, 5.41) is 18.7. The van der Waals surface area contributed by atoms with Crippen molar-refractivity contribution in [3.8, 4) is 17.5 Å². The van der Waals surface area contributed by atoms with Crippen LogP contribution in [0, 0.1) is 18.3 Å². The monoisotopic (exact) mass is 338 g/mol. The van der Waals surface area contributed by atoms with Crippen LogP contribution in [0.15, 0.2) is 29.1 Å². The molecule has 0 amide bonds. The highest BCUT2D eigenvalue weighted by atomic mass is 16.5. The molecule has 6 nitrogen and oxygen atoms in total. The van der Waals surface area contributed by atoms with Gasteiger partial charge in [-0.2, -0.15) is 5.26 Å². The third kappa shape index (κ3) is 3.01. The lowest BCUT2D eigenvalue weighted by atomic mass is 10.1. The van der Waals surface area contributed by atoms with Crippen LogP contribution in [0.25, 0.3) is 5.69 Å². The van der Waals surface area contributed by atoms with Crippen LogP contribution in [-0.2, 0) is 0 Å². The second-order valence-electron chi connectivity index (χ2n) is 6.07. The lowest BCUT2D eigenvalue weighted by Gasteiger charge is -2.17.